The van der Waals surface area contributed by atoms with E-state index in [2.05, 4.69) is 10.1 Å². The van der Waals surface area contributed by atoms with Gasteiger partial charge in [0, 0.05) is 12.2 Å². The fourth-order valence-electron chi connectivity index (χ4n) is 2.08. The van der Waals surface area contributed by atoms with E-state index >= 15 is 0 Å². The Balaban J connectivity index is 2.06. The van der Waals surface area contributed by atoms with Crippen LogP contribution in [0.1, 0.15) is 17.7 Å². The minimum absolute atomic E-state index is 0.123. The Kier molecular flexibility index (Phi) is 5.80. The summed E-state index contributed by atoms with van der Waals surface area (Å²) in [4.78, 5) is 25.4. The summed E-state index contributed by atoms with van der Waals surface area (Å²) in [6.07, 6.45) is 1.67. The van der Waals surface area contributed by atoms with Crippen molar-refractivity contribution in [2.45, 2.75) is 19.9 Å². The summed E-state index contributed by atoms with van der Waals surface area (Å²) in [7, 11) is 1.33. The average Bonchev–Trinajstić information content (AvgIpc) is 3.06. The third-order valence-corrected chi connectivity index (χ3v) is 3.41. The van der Waals surface area contributed by atoms with Crippen LogP contribution in [-0.2, 0) is 16.1 Å². The van der Waals surface area contributed by atoms with Gasteiger partial charge in [0.05, 0.1) is 26.3 Å². The first-order valence-electron chi connectivity index (χ1n) is 7.31. The summed E-state index contributed by atoms with van der Waals surface area (Å²) in [5, 5.41) is 2.86. The molecule has 23 heavy (non-hydrogen) atoms. The van der Waals surface area contributed by atoms with E-state index in [0.29, 0.717) is 5.76 Å². The number of nitrogens with zero attached hydrogens (tertiary/aromatic N) is 1. The predicted octanol–water partition coefficient (Wildman–Crippen LogP) is 3.19. The first-order valence-corrected chi connectivity index (χ1v) is 7.31. The van der Waals surface area contributed by atoms with Crippen molar-refractivity contribution in [2.24, 2.45) is 0 Å². The van der Waals surface area contributed by atoms with Crippen LogP contribution >= 0.6 is 0 Å². The highest BCUT2D eigenvalue weighted by Gasteiger charge is 2.17. The Morgan fingerprint density at radius 2 is 2.00 bits per heavy atom. The van der Waals surface area contributed by atoms with Gasteiger partial charge in [-0.15, -0.1) is 0 Å². The van der Waals surface area contributed by atoms with Crippen molar-refractivity contribution >= 4 is 17.7 Å². The van der Waals surface area contributed by atoms with Crippen molar-refractivity contribution in [2.75, 3.05) is 19.0 Å². The van der Waals surface area contributed by atoms with E-state index < -0.39 is 0 Å². The fourth-order valence-corrected chi connectivity index (χ4v) is 2.08. The summed E-state index contributed by atoms with van der Waals surface area (Å²) in [5.74, 6) is 0.285. The van der Waals surface area contributed by atoms with E-state index in [1.165, 1.54) is 12.0 Å². The molecule has 0 atom stereocenters. The molecule has 0 spiro atoms. The molecule has 0 aliphatic carbocycles. The number of urea groups is 1. The first kappa shape index (κ1) is 16.6. The molecule has 0 bridgehead atoms. The van der Waals surface area contributed by atoms with Crippen LogP contribution in [0.15, 0.2) is 47.1 Å². The standard InChI is InChI=1S/C17H20N2O4/c1-13-6-3-4-8-15(13)18-17(21)19(10-9-16(20)22-2)12-14-7-5-11-23-14/h3-8,11H,9-10,12H2,1-2H3,(H,18,21). The second-order valence-corrected chi connectivity index (χ2v) is 5.07. The molecule has 0 saturated heterocycles. The number of carbonyl (C=O) groups excluding carboxylic acids is 2. The zero-order chi connectivity index (χ0) is 16.7. The lowest BCUT2D eigenvalue weighted by Gasteiger charge is -2.22. The summed E-state index contributed by atoms with van der Waals surface area (Å²) in [6, 6.07) is 10.8. The first-order chi connectivity index (χ1) is 11.1. The topological polar surface area (TPSA) is 71.8 Å². The third kappa shape index (κ3) is 4.88. The number of hydrogen-bond donors (Lipinski definition) is 1. The highest BCUT2D eigenvalue weighted by Crippen LogP contribution is 2.15. The minimum atomic E-state index is -0.363. The second-order valence-electron chi connectivity index (χ2n) is 5.07. The molecule has 0 fully saturated rings. The van der Waals surface area contributed by atoms with Crippen LogP contribution in [0.4, 0.5) is 10.5 Å². The molecule has 0 aliphatic rings. The Bertz CT molecular complexity index is 652. The van der Waals surface area contributed by atoms with Crippen LogP contribution in [0.5, 0.6) is 0 Å². The summed E-state index contributed by atoms with van der Waals surface area (Å²) < 4.78 is 9.92. The van der Waals surface area contributed by atoms with E-state index in [1.54, 1.807) is 18.4 Å². The number of anilines is 1. The van der Waals surface area contributed by atoms with Crippen molar-refractivity contribution in [3.05, 3.63) is 54.0 Å². The number of furan rings is 1. The van der Waals surface area contributed by atoms with Gasteiger partial charge in [-0.3, -0.25) is 4.79 Å². The number of benzene rings is 1. The molecule has 0 unspecified atom stereocenters. The Hall–Kier alpha value is -2.76. The molecule has 1 aromatic carbocycles. The second kappa shape index (κ2) is 8.03. The van der Waals surface area contributed by atoms with Crippen LogP contribution in [0.2, 0.25) is 0 Å². The summed E-state index contributed by atoms with van der Waals surface area (Å²) >= 11 is 0. The number of amides is 2. The van der Waals surface area contributed by atoms with Crippen molar-refractivity contribution in [1.82, 2.24) is 4.90 Å². The minimum Gasteiger partial charge on any atom is -0.469 e. The molecule has 2 amide bonds. The lowest BCUT2D eigenvalue weighted by Crippen LogP contribution is -2.36. The van der Waals surface area contributed by atoms with Gasteiger partial charge in [-0.25, -0.2) is 4.79 Å². The molecule has 0 aliphatic heterocycles. The predicted molar refractivity (Wildman–Crippen MR) is 85.9 cm³/mol. The van der Waals surface area contributed by atoms with Crippen LogP contribution in [-0.4, -0.2) is 30.6 Å². The zero-order valence-electron chi connectivity index (χ0n) is 13.2. The monoisotopic (exact) mass is 316 g/mol. The van der Waals surface area contributed by atoms with Crippen molar-refractivity contribution in [3.63, 3.8) is 0 Å². The van der Waals surface area contributed by atoms with E-state index in [0.717, 1.165) is 11.3 Å². The van der Waals surface area contributed by atoms with Crippen LogP contribution in [0, 0.1) is 6.92 Å². The van der Waals surface area contributed by atoms with E-state index in [1.807, 2.05) is 31.2 Å². The Labute approximate surface area is 135 Å². The van der Waals surface area contributed by atoms with E-state index in [-0.39, 0.29) is 31.5 Å². The number of hydrogen-bond acceptors (Lipinski definition) is 4. The Morgan fingerprint density at radius 3 is 2.65 bits per heavy atom. The van der Waals surface area contributed by atoms with Crippen LogP contribution in [0.25, 0.3) is 0 Å². The lowest BCUT2D eigenvalue weighted by molar-refractivity contribution is -0.140. The van der Waals surface area contributed by atoms with Crippen molar-refractivity contribution in [3.8, 4) is 0 Å². The largest absolute Gasteiger partial charge is 0.469 e. The summed E-state index contributed by atoms with van der Waals surface area (Å²) in [5.41, 5.74) is 1.70. The van der Waals surface area contributed by atoms with Gasteiger partial charge in [-0.2, -0.15) is 0 Å². The van der Waals surface area contributed by atoms with E-state index in [9.17, 15) is 9.59 Å². The molecule has 0 radical (unpaired) electrons. The third-order valence-electron chi connectivity index (χ3n) is 3.41. The molecule has 122 valence electrons. The highest BCUT2D eigenvalue weighted by molar-refractivity contribution is 5.90. The van der Waals surface area contributed by atoms with Crippen molar-refractivity contribution in [1.29, 1.82) is 0 Å². The molecule has 1 N–H and O–H groups in total. The molecule has 1 heterocycles. The lowest BCUT2D eigenvalue weighted by atomic mass is 10.2. The van der Waals surface area contributed by atoms with Gasteiger partial charge in [0.25, 0.3) is 0 Å². The van der Waals surface area contributed by atoms with Gasteiger partial charge < -0.3 is 19.4 Å². The smallest absolute Gasteiger partial charge is 0.322 e. The molecule has 1 aromatic heterocycles. The van der Waals surface area contributed by atoms with Gasteiger partial charge in [0.2, 0.25) is 0 Å². The molecular weight excluding hydrogens is 296 g/mol. The molecule has 0 saturated carbocycles. The average molecular weight is 316 g/mol. The van der Waals surface area contributed by atoms with Gasteiger partial charge >= 0.3 is 12.0 Å². The maximum Gasteiger partial charge on any atom is 0.322 e. The Morgan fingerprint density at radius 1 is 1.22 bits per heavy atom. The van der Waals surface area contributed by atoms with Gasteiger partial charge in [-0.05, 0) is 30.7 Å². The zero-order valence-corrected chi connectivity index (χ0v) is 13.2. The number of ether oxygens (including phenoxy) is 1. The van der Waals surface area contributed by atoms with Crippen LogP contribution < -0.4 is 5.32 Å². The fraction of sp³-hybridized carbons (Fsp3) is 0.294. The highest BCUT2D eigenvalue weighted by atomic mass is 16.5. The number of methoxy groups -OCH3 is 1. The quantitative estimate of drug-likeness (QED) is 0.831. The summed E-state index contributed by atoms with van der Waals surface area (Å²) in [6.45, 7) is 2.44. The molecular formula is C17H20N2O4. The number of rotatable bonds is 6. The maximum atomic E-state index is 12.5. The maximum absolute atomic E-state index is 12.5. The number of esters is 1. The van der Waals surface area contributed by atoms with Gasteiger partial charge in [0.15, 0.2) is 0 Å². The molecule has 6 nitrogen and oxygen atoms in total. The number of para-hydroxylation sites is 1. The van der Waals surface area contributed by atoms with Gasteiger partial charge in [-0.1, -0.05) is 18.2 Å². The number of aryl methyl sites for hydroxylation is 1. The normalized spacial score (nSPS) is 10.2. The number of nitrogens with one attached hydrogen (secondary N) is 1. The molecule has 6 heteroatoms. The van der Waals surface area contributed by atoms with E-state index in [4.69, 9.17) is 4.42 Å². The van der Waals surface area contributed by atoms with Crippen LogP contribution in [0.3, 0.4) is 0 Å². The van der Waals surface area contributed by atoms with Gasteiger partial charge in [0.1, 0.15) is 5.76 Å². The van der Waals surface area contributed by atoms with Crippen molar-refractivity contribution < 1.29 is 18.7 Å². The molecule has 2 rings (SSSR count). The SMILES string of the molecule is COC(=O)CCN(Cc1ccco1)C(=O)Nc1ccccc1C. The number of carbonyl (C=O) groups is 2. The molecule has 2 aromatic rings.